The van der Waals surface area contributed by atoms with Crippen molar-refractivity contribution in [2.24, 2.45) is 5.73 Å². The van der Waals surface area contributed by atoms with Crippen molar-refractivity contribution in [3.63, 3.8) is 0 Å². The molecule has 1 unspecified atom stereocenters. The molecule has 0 aliphatic carbocycles. The molecule has 0 aliphatic heterocycles. The van der Waals surface area contributed by atoms with Gasteiger partial charge in [-0.3, -0.25) is 4.98 Å². The highest BCUT2D eigenvalue weighted by atomic mass is 32.1. The summed E-state index contributed by atoms with van der Waals surface area (Å²) in [5.74, 6) is 0.241. The molecule has 0 fully saturated rings. The van der Waals surface area contributed by atoms with Crippen molar-refractivity contribution in [2.75, 3.05) is 0 Å². The van der Waals surface area contributed by atoms with Crippen LogP contribution in [0.1, 0.15) is 29.7 Å². The second kappa shape index (κ2) is 5.06. The molecule has 2 nitrogen and oxygen atoms in total. The summed E-state index contributed by atoms with van der Waals surface area (Å²) >= 11 is 4.97. The Balaban J connectivity index is 2.34. The number of benzene rings is 1. The molecular weight excluding hydrogens is 228 g/mol. The van der Waals surface area contributed by atoms with Crippen LogP contribution in [-0.4, -0.2) is 9.97 Å². The van der Waals surface area contributed by atoms with Gasteiger partial charge in [0.2, 0.25) is 0 Å². The zero-order valence-corrected chi connectivity index (χ0v) is 10.4. The fourth-order valence-corrected chi connectivity index (χ4v) is 1.88. The van der Waals surface area contributed by atoms with Gasteiger partial charge in [-0.15, -0.1) is 0 Å². The van der Waals surface area contributed by atoms with E-state index >= 15 is 0 Å². The van der Waals surface area contributed by atoms with Gasteiger partial charge in [0.05, 0.1) is 0 Å². The minimum absolute atomic E-state index is 0.241. The number of hydrogen-bond acceptors (Lipinski definition) is 2. The van der Waals surface area contributed by atoms with Gasteiger partial charge in [0, 0.05) is 23.4 Å². The van der Waals surface area contributed by atoms with E-state index in [9.17, 15) is 0 Å². The second-order valence-corrected chi connectivity index (χ2v) is 4.41. The van der Waals surface area contributed by atoms with Crippen LogP contribution in [0.3, 0.4) is 0 Å². The fourth-order valence-electron chi connectivity index (χ4n) is 1.75. The van der Waals surface area contributed by atoms with Crippen molar-refractivity contribution in [3.8, 4) is 0 Å². The lowest BCUT2D eigenvalue weighted by molar-refractivity contribution is 0.871. The highest BCUT2D eigenvalue weighted by molar-refractivity contribution is 7.80. The van der Waals surface area contributed by atoms with Gasteiger partial charge in [0.15, 0.2) is 0 Å². The minimum Gasteiger partial charge on any atom is -0.389 e. The number of nitrogens with two attached hydrogens (primary N) is 1. The molecule has 1 heterocycles. The van der Waals surface area contributed by atoms with Crippen molar-refractivity contribution in [1.29, 1.82) is 0 Å². The number of thiocarbonyl (C=S) groups is 1. The Bertz CT molecular complexity index is 523. The van der Waals surface area contributed by atoms with Crippen LogP contribution in [0, 0.1) is 0 Å². The fraction of sp³-hybridized carbons (Fsp3) is 0.143. The Morgan fingerprint density at radius 1 is 1.24 bits per heavy atom. The van der Waals surface area contributed by atoms with Crippen LogP contribution >= 0.6 is 12.2 Å². The Labute approximate surface area is 107 Å². The molecule has 0 radical (unpaired) electrons. The first kappa shape index (κ1) is 11.7. The predicted molar refractivity (Wildman–Crippen MR) is 74.1 cm³/mol. The van der Waals surface area contributed by atoms with Crippen LogP contribution in [0.25, 0.3) is 0 Å². The van der Waals surface area contributed by atoms with E-state index < -0.39 is 0 Å². The van der Waals surface area contributed by atoms with Crippen LogP contribution in [0.5, 0.6) is 0 Å². The molecule has 1 aromatic carbocycles. The molecule has 17 heavy (non-hydrogen) atoms. The zero-order chi connectivity index (χ0) is 12.3. The monoisotopic (exact) mass is 242 g/mol. The molecule has 2 aromatic rings. The summed E-state index contributed by atoms with van der Waals surface area (Å²) in [7, 11) is 0. The lowest BCUT2D eigenvalue weighted by atomic mass is 9.96. The van der Waals surface area contributed by atoms with Crippen molar-refractivity contribution >= 4 is 17.2 Å². The summed E-state index contributed by atoms with van der Waals surface area (Å²) < 4.78 is 0. The molecule has 0 spiro atoms. The number of aromatic nitrogens is 1. The van der Waals surface area contributed by atoms with Crippen molar-refractivity contribution < 1.29 is 0 Å². The van der Waals surface area contributed by atoms with E-state index in [4.69, 9.17) is 18.0 Å². The molecule has 3 heteroatoms. The summed E-state index contributed by atoms with van der Waals surface area (Å²) in [5.41, 5.74) is 8.72. The van der Waals surface area contributed by atoms with Gasteiger partial charge in [0.1, 0.15) is 4.99 Å². The Morgan fingerprint density at radius 2 is 1.94 bits per heavy atom. The number of hydrogen-bond donors (Lipinski definition) is 1. The first-order chi connectivity index (χ1) is 8.18. The van der Waals surface area contributed by atoms with E-state index in [0.717, 1.165) is 11.3 Å². The molecule has 2 rings (SSSR count). The molecule has 86 valence electrons. The maximum atomic E-state index is 5.63. The number of nitrogens with zero attached hydrogens (tertiary/aromatic N) is 1. The average Bonchev–Trinajstić information content (AvgIpc) is 2.39. The van der Waals surface area contributed by atoms with Crippen LogP contribution in [0.4, 0.5) is 0 Å². The molecule has 0 aliphatic rings. The van der Waals surface area contributed by atoms with Crippen molar-refractivity contribution in [3.05, 3.63) is 65.5 Å². The smallest absolute Gasteiger partial charge is 0.104 e. The predicted octanol–water partition coefficient (Wildman–Crippen LogP) is 2.87. The largest absolute Gasteiger partial charge is 0.389 e. The standard InChI is InChI=1S/C14H14N2S/c1-10(11-5-3-2-4-6-11)13-9-12(14(15)17)7-8-16-13/h2-10H,1H3,(H2,15,17). The third-order valence-corrected chi connectivity index (χ3v) is 3.04. The lowest BCUT2D eigenvalue weighted by Gasteiger charge is -2.12. The SMILES string of the molecule is CC(c1ccccc1)c1cc(C(N)=S)ccn1. The van der Waals surface area contributed by atoms with Crippen molar-refractivity contribution in [1.82, 2.24) is 4.98 Å². The van der Waals surface area contributed by atoms with Crippen molar-refractivity contribution in [2.45, 2.75) is 12.8 Å². The topological polar surface area (TPSA) is 38.9 Å². The third kappa shape index (κ3) is 2.68. The average molecular weight is 242 g/mol. The summed E-state index contributed by atoms with van der Waals surface area (Å²) in [6, 6.07) is 14.1. The van der Waals surface area contributed by atoms with Gasteiger partial charge in [-0.1, -0.05) is 49.5 Å². The van der Waals surface area contributed by atoms with Crippen LogP contribution in [0.2, 0.25) is 0 Å². The molecule has 1 atom stereocenters. The van der Waals surface area contributed by atoms with Gasteiger partial charge in [-0.2, -0.15) is 0 Å². The summed E-state index contributed by atoms with van der Waals surface area (Å²) in [6.07, 6.45) is 1.75. The third-order valence-electron chi connectivity index (χ3n) is 2.81. The van der Waals surface area contributed by atoms with Crippen LogP contribution in [-0.2, 0) is 0 Å². The normalized spacial score (nSPS) is 12.1. The molecule has 0 bridgehead atoms. The number of pyridine rings is 1. The molecule has 0 amide bonds. The summed E-state index contributed by atoms with van der Waals surface area (Å²) in [5, 5.41) is 0. The highest BCUT2D eigenvalue weighted by Gasteiger charge is 2.10. The van der Waals surface area contributed by atoms with E-state index in [1.165, 1.54) is 5.56 Å². The van der Waals surface area contributed by atoms with Gasteiger partial charge in [0.25, 0.3) is 0 Å². The van der Waals surface area contributed by atoms with Gasteiger partial charge >= 0.3 is 0 Å². The Kier molecular flexibility index (Phi) is 3.49. The van der Waals surface area contributed by atoms with E-state index in [1.807, 2.05) is 30.3 Å². The van der Waals surface area contributed by atoms with Gasteiger partial charge in [-0.05, 0) is 17.7 Å². The van der Waals surface area contributed by atoms with Crippen LogP contribution < -0.4 is 5.73 Å². The Hall–Kier alpha value is -1.74. The molecule has 0 saturated heterocycles. The van der Waals surface area contributed by atoms with E-state index in [-0.39, 0.29) is 5.92 Å². The lowest BCUT2D eigenvalue weighted by Crippen LogP contribution is -2.10. The van der Waals surface area contributed by atoms with E-state index in [1.54, 1.807) is 6.20 Å². The first-order valence-electron chi connectivity index (χ1n) is 5.49. The summed E-state index contributed by atoms with van der Waals surface area (Å²) in [6.45, 7) is 2.13. The Morgan fingerprint density at radius 3 is 2.59 bits per heavy atom. The molecular formula is C14H14N2S. The van der Waals surface area contributed by atoms with Gasteiger partial charge < -0.3 is 5.73 Å². The minimum atomic E-state index is 0.241. The highest BCUT2D eigenvalue weighted by Crippen LogP contribution is 2.22. The summed E-state index contributed by atoms with van der Waals surface area (Å²) in [4.78, 5) is 4.79. The zero-order valence-electron chi connectivity index (χ0n) is 9.63. The molecule has 1 aromatic heterocycles. The quantitative estimate of drug-likeness (QED) is 0.841. The van der Waals surface area contributed by atoms with E-state index in [0.29, 0.717) is 4.99 Å². The second-order valence-electron chi connectivity index (χ2n) is 3.97. The van der Waals surface area contributed by atoms with E-state index in [2.05, 4.69) is 24.0 Å². The maximum Gasteiger partial charge on any atom is 0.104 e. The van der Waals surface area contributed by atoms with Crippen LogP contribution in [0.15, 0.2) is 48.7 Å². The maximum absolute atomic E-state index is 5.63. The first-order valence-corrected chi connectivity index (χ1v) is 5.90. The number of rotatable bonds is 3. The van der Waals surface area contributed by atoms with Gasteiger partial charge in [-0.25, -0.2) is 0 Å². The molecule has 0 saturated carbocycles. The molecule has 2 N–H and O–H groups in total.